The van der Waals surface area contributed by atoms with Gasteiger partial charge in [-0.05, 0) is 24.6 Å². The number of aryl methyl sites for hydroxylation is 1. The average Bonchev–Trinajstić information content (AvgIpc) is 2.86. The lowest BCUT2D eigenvalue weighted by Gasteiger charge is -2.15. The molecule has 100 valence electrons. The van der Waals surface area contributed by atoms with Crippen LogP contribution in [0.5, 0.6) is 0 Å². The van der Waals surface area contributed by atoms with Gasteiger partial charge >= 0.3 is 5.97 Å². The van der Waals surface area contributed by atoms with E-state index in [1.165, 1.54) is 12.0 Å². The molecule has 2 rings (SSSR count). The summed E-state index contributed by atoms with van der Waals surface area (Å²) in [5.74, 6) is -0.252. The third-order valence-corrected chi connectivity index (χ3v) is 3.90. The second kappa shape index (κ2) is 6.50. The lowest BCUT2D eigenvalue weighted by atomic mass is 10.2. The first-order chi connectivity index (χ1) is 9.20. The molecule has 4 heteroatoms. The van der Waals surface area contributed by atoms with Gasteiger partial charge in [-0.2, -0.15) is 0 Å². The van der Waals surface area contributed by atoms with Crippen molar-refractivity contribution in [1.29, 1.82) is 0 Å². The minimum Gasteiger partial charge on any atom is -0.468 e. The van der Waals surface area contributed by atoms with Gasteiger partial charge in [0.15, 0.2) is 0 Å². The summed E-state index contributed by atoms with van der Waals surface area (Å²) in [5.41, 5.74) is 1.14. The van der Waals surface area contributed by atoms with E-state index in [-0.39, 0.29) is 5.97 Å². The largest absolute Gasteiger partial charge is 0.468 e. The predicted molar refractivity (Wildman–Crippen MR) is 77.1 cm³/mol. The molecule has 1 aromatic heterocycles. The number of ether oxygens (including phenoxy) is 1. The van der Waals surface area contributed by atoms with Gasteiger partial charge in [-0.1, -0.05) is 30.3 Å². The third kappa shape index (κ3) is 3.66. The summed E-state index contributed by atoms with van der Waals surface area (Å²) in [5, 5.41) is 3.25. The van der Waals surface area contributed by atoms with Gasteiger partial charge in [0.1, 0.15) is 6.04 Å². The zero-order valence-electron chi connectivity index (χ0n) is 11.1. The lowest BCUT2D eigenvalue weighted by Crippen LogP contribution is -2.28. The molecule has 0 aliphatic carbocycles. The number of carbonyl (C=O) groups is 1. The molecule has 3 nitrogen and oxygen atoms in total. The second-order valence-electron chi connectivity index (χ2n) is 4.27. The molecular weight excluding hydrogens is 258 g/mol. The standard InChI is InChI=1S/C15H17NO2S/c1-11-8-9-13(19-11)14(15(17)18-2)16-10-12-6-4-3-5-7-12/h3-9,14,16H,10H2,1-2H3. The van der Waals surface area contributed by atoms with Crippen LogP contribution in [0.2, 0.25) is 0 Å². The van der Waals surface area contributed by atoms with E-state index in [0.29, 0.717) is 6.54 Å². The molecular formula is C15H17NO2S. The number of benzene rings is 1. The fourth-order valence-corrected chi connectivity index (χ4v) is 2.78. The van der Waals surface area contributed by atoms with Crippen LogP contribution in [0.3, 0.4) is 0 Å². The molecule has 0 spiro atoms. The molecule has 0 aliphatic heterocycles. The van der Waals surface area contributed by atoms with Crippen LogP contribution in [0, 0.1) is 6.92 Å². The number of hydrogen-bond donors (Lipinski definition) is 1. The topological polar surface area (TPSA) is 38.3 Å². The van der Waals surface area contributed by atoms with Crippen molar-refractivity contribution in [3.8, 4) is 0 Å². The van der Waals surface area contributed by atoms with Crippen LogP contribution in [-0.2, 0) is 16.1 Å². The normalized spacial score (nSPS) is 12.1. The lowest BCUT2D eigenvalue weighted by molar-refractivity contribution is -0.143. The van der Waals surface area contributed by atoms with Gasteiger partial charge in [0, 0.05) is 16.3 Å². The Morgan fingerprint density at radius 1 is 1.26 bits per heavy atom. The summed E-state index contributed by atoms with van der Waals surface area (Å²) in [6.45, 7) is 2.66. The fourth-order valence-electron chi connectivity index (χ4n) is 1.84. The highest BCUT2D eigenvalue weighted by Crippen LogP contribution is 2.24. The number of methoxy groups -OCH3 is 1. The molecule has 1 atom stereocenters. The molecule has 1 aromatic carbocycles. The Balaban J connectivity index is 2.09. The van der Waals surface area contributed by atoms with Crippen LogP contribution in [0.15, 0.2) is 42.5 Å². The molecule has 1 heterocycles. The van der Waals surface area contributed by atoms with E-state index >= 15 is 0 Å². The van der Waals surface area contributed by atoms with Gasteiger partial charge < -0.3 is 4.74 Å². The highest BCUT2D eigenvalue weighted by molar-refractivity contribution is 7.12. The van der Waals surface area contributed by atoms with E-state index in [1.54, 1.807) is 11.3 Å². The van der Waals surface area contributed by atoms with Crippen molar-refractivity contribution in [3.63, 3.8) is 0 Å². The monoisotopic (exact) mass is 275 g/mol. The summed E-state index contributed by atoms with van der Waals surface area (Å²) < 4.78 is 4.87. The number of rotatable bonds is 5. The van der Waals surface area contributed by atoms with Gasteiger partial charge in [0.2, 0.25) is 0 Å². The van der Waals surface area contributed by atoms with Crippen molar-refractivity contribution in [2.45, 2.75) is 19.5 Å². The van der Waals surface area contributed by atoms with Crippen LogP contribution in [0.1, 0.15) is 21.4 Å². The van der Waals surface area contributed by atoms with E-state index in [4.69, 9.17) is 4.74 Å². The van der Waals surface area contributed by atoms with Crippen LogP contribution < -0.4 is 5.32 Å². The third-order valence-electron chi connectivity index (χ3n) is 2.84. The van der Waals surface area contributed by atoms with Gasteiger partial charge in [-0.25, -0.2) is 4.79 Å². The van der Waals surface area contributed by atoms with Crippen LogP contribution in [-0.4, -0.2) is 13.1 Å². The minimum absolute atomic E-state index is 0.252. The second-order valence-corrected chi connectivity index (χ2v) is 5.59. The van der Waals surface area contributed by atoms with Crippen LogP contribution in [0.25, 0.3) is 0 Å². The summed E-state index contributed by atoms with van der Waals surface area (Å²) in [4.78, 5) is 14.0. The molecule has 2 aromatic rings. The average molecular weight is 275 g/mol. The zero-order chi connectivity index (χ0) is 13.7. The van der Waals surface area contributed by atoms with Gasteiger partial charge in [0.05, 0.1) is 7.11 Å². The van der Waals surface area contributed by atoms with Crippen molar-refractivity contribution in [1.82, 2.24) is 5.32 Å². The molecule has 1 unspecified atom stereocenters. The Kier molecular flexibility index (Phi) is 4.71. The van der Waals surface area contributed by atoms with Gasteiger partial charge in [-0.3, -0.25) is 5.32 Å². The summed E-state index contributed by atoms with van der Waals surface area (Å²) in [7, 11) is 1.42. The van der Waals surface area contributed by atoms with Crippen molar-refractivity contribution in [3.05, 3.63) is 57.8 Å². The molecule has 0 bridgehead atoms. The Morgan fingerprint density at radius 3 is 2.58 bits per heavy atom. The quantitative estimate of drug-likeness (QED) is 0.852. The molecule has 1 N–H and O–H groups in total. The first-order valence-corrected chi connectivity index (χ1v) is 6.94. The maximum Gasteiger partial charge on any atom is 0.328 e. The Bertz CT molecular complexity index is 536. The number of carbonyl (C=O) groups excluding carboxylic acids is 1. The SMILES string of the molecule is COC(=O)C(NCc1ccccc1)c1ccc(C)s1. The summed E-state index contributed by atoms with van der Waals surface area (Å²) in [6.07, 6.45) is 0. The number of esters is 1. The zero-order valence-corrected chi connectivity index (χ0v) is 11.9. The number of thiophene rings is 1. The highest BCUT2D eigenvalue weighted by atomic mass is 32.1. The van der Waals surface area contributed by atoms with Crippen molar-refractivity contribution >= 4 is 17.3 Å². The van der Waals surface area contributed by atoms with E-state index in [2.05, 4.69) is 5.32 Å². The van der Waals surface area contributed by atoms with E-state index in [1.807, 2.05) is 49.4 Å². The van der Waals surface area contributed by atoms with E-state index in [9.17, 15) is 4.79 Å². The first kappa shape index (κ1) is 13.8. The Morgan fingerprint density at radius 2 is 2.00 bits per heavy atom. The van der Waals surface area contributed by atoms with Crippen molar-refractivity contribution in [2.24, 2.45) is 0 Å². The van der Waals surface area contributed by atoms with Crippen molar-refractivity contribution in [2.75, 3.05) is 7.11 Å². The van der Waals surface area contributed by atoms with Crippen LogP contribution in [0.4, 0.5) is 0 Å². The molecule has 0 radical (unpaired) electrons. The molecule has 19 heavy (non-hydrogen) atoms. The molecule has 0 fully saturated rings. The van der Waals surface area contributed by atoms with Crippen LogP contribution >= 0.6 is 11.3 Å². The molecule has 0 aliphatic rings. The maximum absolute atomic E-state index is 11.9. The van der Waals surface area contributed by atoms with E-state index < -0.39 is 6.04 Å². The van der Waals surface area contributed by atoms with Gasteiger partial charge in [-0.15, -0.1) is 11.3 Å². The smallest absolute Gasteiger partial charge is 0.328 e. The summed E-state index contributed by atoms with van der Waals surface area (Å²) >= 11 is 1.61. The Labute approximate surface area is 117 Å². The highest BCUT2D eigenvalue weighted by Gasteiger charge is 2.22. The molecule has 0 amide bonds. The minimum atomic E-state index is -0.399. The number of hydrogen-bond acceptors (Lipinski definition) is 4. The van der Waals surface area contributed by atoms with Crippen molar-refractivity contribution < 1.29 is 9.53 Å². The van der Waals surface area contributed by atoms with Gasteiger partial charge in [0.25, 0.3) is 0 Å². The molecule has 0 saturated heterocycles. The molecule has 0 saturated carbocycles. The van der Waals surface area contributed by atoms with E-state index in [0.717, 1.165) is 10.4 Å². The first-order valence-electron chi connectivity index (χ1n) is 6.12. The Hall–Kier alpha value is -1.65. The fraction of sp³-hybridized carbons (Fsp3) is 0.267. The maximum atomic E-state index is 11.9. The number of nitrogens with one attached hydrogen (secondary N) is 1. The predicted octanol–water partition coefficient (Wildman–Crippen LogP) is 3.06. The summed E-state index contributed by atoms with van der Waals surface area (Å²) in [6, 6.07) is 13.6.